The van der Waals surface area contributed by atoms with Crippen LogP contribution in [0.3, 0.4) is 0 Å². The molecule has 0 fully saturated rings. The van der Waals surface area contributed by atoms with Gasteiger partial charge in [-0.15, -0.1) is 0 Å². The number of rotatable bonds is 7. The van der Waals surface area contributed by atoms with Crippen LogP contribution in [0, 0.1) is 11.3 Å². The maximum atomic E-state index is 11.9. The lowest BCUT2D eigenvalue weighted by Crippen LogP contribution is -2.27. The highest BCUT2D eigenvalue weighted by atomic mass is 16.5. The summed E-state index contributed by atoms with van der Waals surface area (Å²) in [7, 11) is 1.60. The van der Waals surface area contributed by atoms with Crippen molar-refractivity contribution in [3.8, 4) is 11.8 Å². The van der Waals surface area contributed by atoms with E-state index in [-0.39, 0.29) is 17.5 Å². The van der Waals surface area contributed by atoms with Crippen LogP contribution in [0.1, 0.15) is 25.8 Å². The van der Waals surface area contributed by atoms with Gasteiger partial charge in [0.05, 0.1) is 7.11 Å². The van der Waals surface area contributed by atoms with E-state index in [1.165, 1.54) is 6.20 Å². The average molecular weight is 287 g/mol. The van der Waals surface area contributed by atoms with Crippen molar-refractivity contribution in [3.63, 3.8) is 0 Å². The van der Waals surface area contributed by atoms with Crippen molar-refractivity contribution in [2.45, 2.75) is 32.9 Å². The molecule has 1 atom stereocenters. The minimum absolute atomic E-state index is 0.0730. The molecule has 0 bridgehead atoms. The molecular weight excluding hydrogens is 266 g/mol. The van der Waals surface area contributed by atoms with Gasteiger partial charge in [-0.3, -0.25) is 4.79 Å². The first-order valence-electron chi connectivity index (χ1n) is 6.88. The Morgan fingerprint density at radius 2 is 2.10 bits per heavy atom. The molecule has 21 heavy (non-hydrogen) atoms. The van der Waals surface area contributed by atoms with Gasteiger partial charge < -0.3 is 15.4 Å². The summed E-state index contributed by atoms with van der Waals surface area (Å²) in [4.78, 5) is 11.9. The molecule has 5 heteroatoms. The van der Waals surface area contributed by atoms with Gasteiger partial charge in [-0.2, -0.15) is 5.26 Å². The predicted octanol–water partition coefficient (Wildman–Crippen LogP) is 2.11. The van der Waals surface area contributed by atoms with Gasteiger partial charge in [-0.05, 0) is 31.0 Å². The van der Waals surface area contributed by atoms with E-state index < -0.39 is 0 Å². The van der Waals surface area contributed by atoms with Crippen LogP contribution < -0.4 is 15.4 Å². The fourth-order valence-electron chi connectivity index (χ4n) is 1.51. The van der Waals surface area contributed by atoms with Gasteiger partial charge in [-0.1, -0.05) is 19.1 Å². The number of amides is 1. The minimum atomic E-state index is -0.385. The molecule has 0 aliphatic carbocycles. The number of methoxy groups -OCH3 is 1. The largest absolute Gasteiger partial charge is 0.497 e. The molecule has 0 aliphatic rings. The van der Waals surface area contributed by atoms with Crippen LogP contribution in [-0.4, -0.2) is 19.1 Å². The Kier molecular flexibility index (Phi) is 6.82. The molecule has 1 aromatic carbocycles. The Balaban J connectivity index is 2.56. The molecule has 112 valence electrons. The van der Waals surface area contributed by atoms with Gasteiger partial charge in [-0.25, -0.2) is 0 Å². The normalized spacial score (nSPS) is 12.2. The molecule has 2 N–H and O–H groups in total. The lowest BCUT2D eigenvalue weighted by Gasteiger charge is -2.09. The predicted molar refractivity (Wildman–Crippen MR) is 81.4 cm³/mol. The second kappa shape index (κ2) is 8.64. The van der Waals surface area contributed by atoms with Gasteiger partial charge in [0.1, 0.15) is 17.4 Å². The van der Waals surface area contributed by atoms with Crippen LogP contribution in [0.4, 0.5) is 0 Å². The molecule has 0 saturated heterocycles. The number of nitrogens with zero attached hydrogens (tertiary/aromatic N) is 1. The summed E-state index contributed by atoms with van der Waals surface area (Å²) in [5, 5.41) is 14.7. The Bertz CT molecular complexity index is 529. The maximum absolute atomic E-state index is 11.9. The van der Waals surface area contributed by atoms with Crippen molar-refractivity contribution in [2.75, 3.05) is 7.11 Å². The first-order valence-corrected chi connectivity index (χ1v) is 6.88. The highest BCUT2D eigenvalue weighted by molar-refractivity contribution is 5.97. The van der Waals surface area contributed by atoms with Crippen molar-refractivity contribution in [2.24, 2.45) is 0 Å². The third-order valence-electron chi connectivity index (χ3n) is 3.10. The van der Waals surface area contributed by atoms with E-state index in [9.17, 15) is 4.79 Å². The SMILES string of the molecule is CCC(C)N/C=C(/C#N)C(=O)NCc1ccc(OC)cc1. The van der Waals surface area contributed by atoms with E-state index in [1.807, 2.05) is 44.2 Å². The third kappa shape index (κ3) is 5.57. The molecular formula is C16H21N3O2. The number of hydrogen-bond donors (Lipinski definition) is 2. The fourth-order valence-corrected chi connectivity index (χ4v) is 1.51. The van der Waals surface area contributed by atoms with Crippen LogP contribution in [-0.2, 0) is 11.3 Å². The summed E-state index contributed by atoms with van der Waals surface area (Å²) in [5.74, 6) is 0.379. The average Bonchev–Trinajstić information content (AvgIpc) is 2.53. The Labute approximate surface area is 125 Å². The van der Waals surface area contributed by atoms with Crippen molar-refractivity contribution < 1.29 is 9.53 Å². The summed E-state index contributed by atoms with van der Waals surface area (Å²) in [6, 6.07) is 9.51. The zero-order chi connectivity index (χ0) is 15.7. The second-order valence-electron chi connectivity index (χ2n) is 4.68. The topological polar surface area (TPSA) is 74.2 Å². The lowest BCUT2D eigenvalue weighted by molar-refractivity contribution is -0.117. The quantitative estimate of drug-likeness (QED) is 0.595. The molecule has 0 spiro atoms. The number of nitriles is 1. The monoisotopic (exact) mass is 287 g/mol. The molecule has 1 rings (SSSR count). The molecule has 0 aromatic heterocycles. The zero-order valence-corrected chi connectivity index (χ0v) is 12.6. The van der Waals surface area contributed by atoms with Crippen molar-refractivity contribution >= 4 is 5.91 Å². The molecule has 0 aliphatic heterocycles. The van der Waals surface area contributed by atoms with Crippen LogP contribution in [0.2, 0.25) is 0 Å². The second-order valence-corrected chi connectivity index (χ2v) is 4.68. The smallest absolute Gasteiger partial charge is 0.263 e. The van der Waals surface area contributed by atoms with Crippen molar-refractivity contribution in [1.29, 1.82) is 5.26 Å². The molecule has 5 nitrogen and oxygen atoms in total. The number of ether oxygens (including phenoxy) is 1. The Morgan fingerprint density at radius 1 is 1.43 bits per heavy atom. The number of benzene rings is 1. The number of hydrogen-bond acceptors (Lipinski definition) is 4. The minimum Gasteiger partial charge on any atom is -0.497 e. The van der Waals surface area contributed by atoms with E-state index in [4.69, 9.17) is 10.00 Å². The van der Waals surface area contributed by atoms with Gasteiger partial charge in [0.25, 0.3) is 5.91 Å². The molecule has 1 amide bonds. The van der Waals surface area contributed by atoms with Gasteiger partial charge in [0.2, 0.25) is 0 Å². The summed E-state index contributed by atoms with van der Waals surface area (Å²) >= 11 is 0. The van der Waals surface area contributed by atoms with Crippen LogP contribution in [0.15, 0.2) is 36.0 Å². The van der Waals surface area contributed by atoms with Crippen LogP contribution in [0.25, 0.3) is 0 Å². The number of nitrogens with one attached hydrogen (secondary N) is 2. The Hall–Kier alpha value is -2.48. The van der Waals surface area contributed by atoms with E-state index in [0.29, 0.717) is 6.54 Å². The van der Waals surface area contributed by atoms with E-state index in [0.717, 1.165) is 17.7 Å². The third-order valence-corrected chi connectivity index (χ3v) is 3.10. The first-order chi connectivity index (χ1) is 10.1. The lowest BCUT2D eigenvalue weighted by atomic mass is 10.2. The van der Waals surface area contributed by atoms with E-state index in [1.54, 1.807) is 7.11 Å². The van der Waals surface area contributed by atoms with E-state index >= 15 is 0 Å². The van der Waals surface area contributed by atoms with Crippen molar-refractivity contribution in [3.05, 3.63) is 41.6 Å². The van der Waals surface area contributed by atoms with Gasteiger partial charge >= 0.3 is 0 Å². The van der Waals surface area contributed by atoms with E-state index in [2.05, 4.69) is 10.6 Å². The molecule has 1 unspecified atom stereocenters. The highest BCUT2D eigenvalue weighted by Crippen LogP contribution is 2.11. The van der Waals surface area contributed by atoms with Crippen LogP contribution >= 0.6 is 0 Å². The molecule has 0 radical (unpaired) electrons. The summed E-state index contributed by atoms with van der Waals surface area (Å²) in [6.45, 7) is 4.38. The maximum Gasteiger partial charge on any atom is 0.263 e. The Morgan fingerprint density at radius 3 is 2.62 bits per heavy atom. The van der Waals surface area contributed by atoms with Gasteiger partial charge in [0.15, 0.2) is 0 Å². The summed E-state index contributed by atoms with van der Waals surface area (Å²) < 4.78 is 5.07. The van der Waals surface area contributed by atoms with Crippen LogP contribution in [0.5, 0.6) is 5.75 Å². The van der Waals surface area contributed by atoms with Gasteiger partial charge in [0, 0.05) is 18.8 Å². The molecule has 0 heterocycles. The first kappa shape index (κ1) is 16.6. The number of carbonyl (C=O) groups excluding carboxylic acids is 1. The molecule has 0 saturated carbocycles. The molecule has 1 aromatic rings. The standard InChI is InChI=1S/C16H21N3O2/c1-4-12(2)18-11-14(9-17)16(20)19-10-13-5-7-15(21-3)8-6-13/h5-8,11-12,18H,4,10H2,1-3H3,(H,19,20)/b14-11-. The zero-order valence-electron chi connectivity index (χ0n) is 12.6. The fraction of sp³-hybridized carbons (Fsp3) is 0.375. The van der Waals surface area contributed by atoms with Crippen molar-refractivity contribution in [1.82, 2.24) is 10.6 Å². The summed E-state index contributed by atoms with van der Waals surface area (Å²) in [6.07, 6.45) is 2.39. The number of carbonyl (C=O) groups is 1. The summed E-state index contributed by atoms with van der Waals surface area (Å²) in [5.41, 5.74) is 1.01. The highest BCUT2D eigenvalue weighted by Gasteiger charge is 2.08.